The van der Waals surface area contributed by atoms with E-state index in [4.69, 9.17) is 10.9 Å². The van der Waals surface area contributed by atoms with Gasteiger partial charge in [-0.25, -0.2) is 13.6 Å². The standard InChI is InChI=1S/C12H21N3O2S/c1-4-8(2)9(3)15-10-6-5-7-11(12(10)13)18(14,16)17/h5-9,15H,4,13H2,1-3H3,(H2,14,16,17). The molecule has 0 aliphatic rings. The van der Waals surface area contributed by atoms with Gasteiger partial charge in [0.05, 0.1) is 11.4 Å². The number of primary sulfonamides is 1. The molecule has 18 heavy (non-hydrogen) atoms. The Balaban J connectivity index is 3.06. The Labute approximate surface area is 109 Å². The van der Waals surface area contributed by atoms with Crippen LogP contribution in [0.15, 0.2) is 23.1 Å². The highest BCUT2D eigenvalue weighted by atomic mass is 32.2. The predicted molar refractivity (Wildman–Crippen MR) is 74.8 cm³/mol. The second-order valence-corrected chi connectivity index (χ2v) is 6.11. The van der Waals surface area contributed by atoms with Crippen LogP contribution in [0.1, 0.15) is 27.2 Å². The van der Waals surface area contributed by atoms with E-state index in [2.05, 4.69) is 19.2 Å². The molecule has 2 unspecified atom stereocenters. The van der Waals surface area contributed by atoms with Crippen molar-refractivity contribution < 1.29 is 8.42 Å². The average molecular weight is 271 g/mol. The minimum Gasteiger partial charge on any atom is -0.396 e. The van der Waals surface area contributed by atoms with E-state index >= 15 is 0 Å². The Bertz CT molecular complexity index is 514. The van der Waals surface area contributed by atoms with E-state index < -0.39 is 10.0 Å². The van der Waals surface area contributed by atoms with Gasteiger partial charge < -0.3 is 11.1 Å². The van der Waals surface area contributed by atoms with Crippen LogP contribution in [-0.2, 0) is 10.0 Å². The van der Waals surface area contributed by atoms with Gasteiger partial charge in [-0.05, 0) is 25.0 Å². The molecule has 0 bridgehead atoms. The number of hydrogen-bond acceptors (Lipinski definition) is 4. The van der Waals surface area contributed by atoms with Gasteiger partial charge in [-0.3, -0.25) is 0 Å². The van der Waals surface area contributed by atoms with Gasteiger partial charge in [0.25, 0.3) is 0 Å². The molecule has 0 saturated carbocycles. The highest BCUT2D eigenvalue weighted by Crippen LogP contribution is 2.27. The van der Waals surface area contributed by atoms with Gasteiger partial charge >= 0.3 is 0 Å². The highest BCUT2D eigenvalue weighted by molar-refractivity contribution is 7.89. The molecule has 5 N–H and O–H groups in total. The van der Waals surface area contributed by atoms with E-state index in [0.29, 0.717) is 11.6 Å². The summed E-state index contributed by atoms with van der Waals surface area (Å²) in [4.78, 5) is -0.0381. The Morgan fingerprint density at radius 1 is 1.33 bits per heavy atom. The number of rotatable bonds is 5. The van der Waals surface area contributed by atoms with Gasteiger partial charge in [0.1, 0.15) is 4.90 Å². The zero-order valence-electron chi connectivity index (χ0n) is 11.0. The summed E-state index contributed by atoms with van der Waals surface area (Å²) in [6.45, 7) is 6.27. The van der Waals surface area contributed by atoms with Crippen LogP contribution in [-0.4, -0.2) is 14.5 Å². The van der Waals surface area contributed by atoms with Gasteiger partial charge in [0, 0.05) is 6.04 Å². The smallest absolute Gasteiger partial charge is 0.240 e. The van der Waals surface area contributed by atoms with Crippen molar-refractivity contribution >= 4 is 21.4 Å². The van der Waals surface area contributed by atoms with Crippen molar-refractivity contribution in [1.29, 1.82) is 0 Å². The van der Waals surface area contributed by atoms with Crippen molar-refractivity contribution in [2.75, 3.05) is 11.1 Å². The topological polar surface area (TPSA) is 98.2 Å². The van der Waals surface area contributed by atoms with E-state index in [1.54, 1.807) is 12.1 Å². The molecule has 1 aromatic rings. The quantitative estimate of drug-likeness (QED) is 0.711. The summed E-state index contributed by atoms with van der Waals surface area (Å²) in [5, 5.41) is 8.34. The third kappa shape index (κ3) is 3.36. The van der Waals surface area contributed by atoms with E-state index in [9.17, 15) is 8.42 Å². The van der Waals surface area contributed by atoms with Crippen molar-refractivity contribution in [2.45, 2.75) is 38.1 Å². The lowest BCUT2D eigenvalue weighted by atomic mass is 10.0. The summed E-state index contributed by atoms with van der Waals surface area (Å²) in [5.74, 6) is 0.461. The van der Waals surface area contributed by atoms with Crippen molar-refractivity contribution in [3.8, 4) is 0 Å². The van der Waals surface area contributed by atoms with Crippen molar-refractivity contribution in [2.24, 2.45) is 11.1 Å². The molecule has 0 heterocycles. The van der Waals surface area contributed by atoms with Crippen LogP contribution in [0, 0.1) is 5.92 Å². The van der Waals surface area contributed by atoms with Crippen LogP contribution >= 0.6 is 0 Å². The first-order valence-electron chi connectivity index (χ1n) is 5.95. The molecule has 0 amide bonds. The molecular formula is C12H21N3O2S. The Hall–Kier alpha value is -1.27. The highest BCUT2D eigenvalue weighted by Gasteiger charge is 2.17. The number of nitrogens with one attached hydrogen (secondary N) is 1. The maximum atomic E-state index is 11.4. The fourth-order valence-corrected chi connectivity index (χ4v) is 2.34. The Kier molecular flexibility index (Phi) is 4.59. The largest absolute Gasteiger partial charge is 0.396 e. The molecule has 0 radical (unpaired) electrons. The number of nitrogens with two attached hydrogens (primary N) is 2. The number of nitrogen functional groups attached to an aromatic ring is 1. The summed E-state index contributed by atoms with van der Waals surface area (Å²) >= 11 is 0. The minimum absolute atomic E-state index is 0.0381. The third-order valence-electron chi connectivity index (χ3n) is 3.25. The van der Waals surface area contributed by atoms with Crippen LogP contribution in [0.2, 0.25) is 0 Å². The molecule has 0 spiro atoms. The van der Waals surface area contributed by atoms with E-state index in [1.807, 2.05) is 6.92 Å². The van der Waals surface area contributed by atoms with Gasteiger partial charge in [-0.15, -0.1) is 0 Å². The minimum atomic E-state index is -3.78. The lowest BCUT2D eigenvalue weighted by Gasteiger charge is -2.22. The van der Waals surface area contributed by atoms with Gasteiger partial charge in [0.2, 0.25) is 10.0 Å². The summed E-state index contributed by atoms with van der Waals surface area (Å²) in [6, 6.07) is 4.99. The lowest BCUT2D eigenvalue weighted by Crippen LogP contribution is -2.24. The summed E-state index contributed by atoms with van der Waals surface area (Å²) in [5.41, 5.74) is 6.62. The molecule has 2 atom stereocenters. The zero-order valence-corrected chi connectivity index (χ0v) is 11.8. The van der Waals surface area contributed by atoms with E-state index in [-0.39, 0.29) is 16.6 Å². The number of hydrogen-bond donors (Lipinski definition) is 3. The molecule has 102 valence electrons. The molecule has 0 aliphatic heterocycles. The van der Waals surface area contributed by atoms with Gasteiger partial charge in [-0.1, -0.05) is 26.3 Å². The van der Waals surface area contributed by atoms with Crippen molar-refractivity contribution in [1.82, 2.24) is 0 Å². The number of para-hydroxylation sites is 1. The molecule has 0 fully saturated rings. The number of benzene rings is 1. The van der Waals surface area contributed by atoms with Crippen LogP contribution in [0.4, 0.5) is 11.4 Å². The maximum absolute atomic E-state index is 11.4. The zero-order chi connectivity index (χ0) is 13.9. The Morgan fingerprint density at radius 2 is 1.94 bits per heavy atom. The van der Waals surface area contributed by atoms with Crippen LogP contribution in [0.5, 0.6) is 0 Å². The molecule has 6 heteroatoms. The van der Waals surface area contributed by atoms with Crippen molar-refractivity contribution in [3.63, 3.8) is 0 Å². The number of sulfonamides is 1. The second kappa shape index (κ2) is 5.58. The first kappa shape index (κ1) is 14.8. The molecule has 1 aromatic carbocycles. The number of anilines is 2. The summed E-state index contributed by atoms with van der Waals surface area (Å²) in [7, 11) is -3.78. The first-order chi connectivity index (χ1) is 8.27. The summed E-state index contributed by atoms with van der Waals surface area (Å²) in [6.07, 6.45) is 1.03. The molecule has 0 aliphatic carbocycles. The van der Waals surface area contributed by atoms with E-state index in [1.165, 1.54) is 6.07 Å². The monoisotopic (exact) mass is 271 g/mol. The van der Waals surface area contributed by atoms with Gasteiger partial charge in [0.15, 0.2) is 0 Å². The molecule has 0 saturated heterocycles. The molecule has 0 aromatic heterocycles. The third-order valence-corrected chi connectivity index (χ3v) is 4.22. The predicted octanol–water partition coefficient (Wildman–Crippen LogP) is 1.76. The fourth-order valence-electron chi connectivity index (χ4n) is 1.66. The molecular weight excluding hydrogens is 250 g/mol. The van der Waals surface area contributed by atoms with Crippen LogP contribution in [0.25, 0.3) is 0 Å². The average Bonchev–Trinajstić information content (AvgIpc) is 2.29. The van der Waals surface area contributed by atoms with Gasteiger partial charge in [-0.2, -0.15) is 0 Å². The van der Waals surface area contributed by atoms with E-state index in [0.717, 1.165) is 6.42 Å². The lowest BCUT2D eigenvalue weighted by molar-refractivity contribution is 0.495. The second-order valence-electron chi connectivity index (χ2n) is 4.58. The summed E-state index contributed by atoms with van der Waals surface area (Å²) < 4.78 is 22.7. The SMILES string of the molecule is CCC(C)C(C)Nc1cccc(S(N)(=O)=O)c1N. The Morgan fingerprint density at radius 3 is 2.44 bits per heavy atom. The molecule has 1 rings (SSSR count). The normalized spacial score (nSPS) is 15.1. The van der Waals surface area contributed by atoms with Crippen LogP contribution in [0.3, 0.4) is 0 Å². The first-order valence-corrected chi connectivity index (χ1v) is 7.49. The maximum Gasteiger partial charge on any atom is 0.240 e. The fraction of sp³-hybridized carbons (Fsp3) is 0.500. The van der Waals surface area contributed by atoms with Crippen molar-refractivity contribution in [3.05, 3.63) is 18.2 Å². The molecule has 5 nitrogen and oxygen atoms in total. The van der Waals surface area contributed by atoms with Crippen LogP contribution < -0.4 is 16.2 Å².